The number of fused-ring (bicyclic) bond motifs is 1. The fourth-order valence-electron chi connectivity index (χ4n) is 3.33. The van der Waals surface area contributed by atoms with Crippen molar-refractivity contribution in [2.45, 2.75) is 25.3 Å². The molecule has 154 valence electrons. The van der Waals surface area contributed by atoms with Gasteiger partial charge >= 0.3 is 0 Å². The third-order valence-corrected chi connectivity index (χ3v) is 7.26. The van der Waals surface area contributed by atoms with E-state index in [0.717, 1.165) is 33.0 Å². The van der Waals surface area contributed by atoms with Gasteiger partial charge in [-0.05, 0) is 61.5 Å². The molecule has 2 aromatic rings. The van der Waals surface area contributed by atoms with E-state index >= 15 is 0 Å². The van der Waals surface area contributed by atoms with Gasteiger partial charge in [0.1, 0.15) is 0 Å². The fraction of sp³-hybridized carbons (Fsp3) is 0.217. The Kier molecular flexibility index (Phi) is 6.56. The molecule has 4 nitrogen and oxygen atoms in total. The number of anilines is 1. The summed E-state index contributed by atoms with van der Waals surface area (Å²) in [4.78, 5) is 23.4. The van der Waals surface area contributed by atoms with Gasteiger partial charge in [-0.1, -0.05) is 53.7 Å². The van der Waals surface area contributed by atoms with Crippen molar-refractivity contribution in [1.29, 1.82) is 0 Å². The SMILES string of the molecule is CCN1C(=O)/C(=C\C=C2/Sc3ccc(Cl)cc3N2CC)SC1=NCc1ccccc1. The molecule has 0 radical (unpaired) electrons. The van der Waals surface area contributed by atoms with Crippen molar-refractivity contribution >= 4 is 51.9 Å². The molecule has 0 N–H and O–H groups in total. The number of amides is 1. The lowest BCUT2D eigenvalue weighted by Gasteiger charge is -2.17. The monoisotopic (exact) mass is 455 g/mol. The van der Waals surface area contributed by atoms with Crippen LogP contribution in [0.5, 0.6) is 0 Å². The maximum atomic E-state index is 12.9. The Morgan fingerprint density at radius 1 is 1.00 bits per heavy atom. The van der Waals surface area contributed by atoms with Gasteiger partial charge in [-0.25, -0.2) is 0 Å². The first kappa shape index (κ1) is 21.1. The number of halogens is 1. The number of carbonyl (C=O) groups excluding carboxylic acids is 1. The van der Waals surface area contributed by atoms with Gasteiger partial charge in [0, 0.05) is 23.0 Å². The molecule has 0 bridgehead atoms. The summed E-state index contributed by atoms with van der Waals surface area (Å²) in [7, 11) is 0. The predicted octanol–water partition coefficient (Wildman–Crippen LogP) is 6.15. The number of likely N-dealkylation sites (N-methyl/N-ethyl adjacent to an activating group) is 1. The van der Waals surface area contributed by atoms with Crippen LogP contribution in [0.2, 0.25) is 5.02 Å². The summed E-state index contributed by atoms with van der Waals surface area (Å²) in [5.41, 5.74) is 2.25. The number of amidine groups is 1. The van der Waals surface area contributed by atoms with Gasteiger partial charge in [0.2, 0.25) is 0 Å². The molecule has 0 atom stereocenters. The molecule has 1 amide bonds. The highest BCUT2D eigenvalue weighted by Crippen LogP contribution is 2.47. The van der Waals surface area contributed by atoms with Gasteiger partial charge in [0.25, 0.3) is 5.91 Å². The first-order valence-electron chi connectivity index (χ1n) is 9.85. The Labute approximate surface area is 190 Å². The Bertz CT molecular complexity index is 1050. The van der Waals surface area contributed by atoms with Crippen LogP contribution < -0.4 is 4.90 Å². The van der Waals surface area contributed by atoms with Crippen LogP contribution in [0.4, 0.5) is 5.69 Å². The quantitative estimate of drug-likeness (QED) is 0.506. The van der Waals surface area contributed by atoms with E-state index in [1.807, 2.05) is 67.6 Å². The molecule has 1 fully saturated rings. The molecular weight excluding hydrogens is 434 g/mol. The molecular formula is C23H22ClN3OS2. The highest BCUT2D eigenvalue weighted by molar-refractivity contribution is 8.18. The lowest BCUT2D eigenvalue weighted by molar-refractivity contribution is -0.122. The van der Waals surface area contributed by atoms with Crippen molar-refractivity contribution in [3.63, 3.8) is 0 Å². The first-order valence-corrected chi connectivity index (χ1v) is 11.9. The van der Waals surface area contributed by atoms with Gasteiger partial charge < -0.3 is 4.90 Å². The second-order valence-corrected chi connectivity index (χ2v) is 9.24. The van der Waals surface area contributed by atoms with Gasteiger partial charge in [-0.15, -0.1) is 0 Å². The van der Waals surface area contributed by atoms with Crippen molar-refractivity contribution < 1.29 is 4.79 Å². The molecule has 0 aliphatic carbocycles. The van der Waals surface area contributed by atoms with Crippen LogP contribution in [-0.2, 0) is 11.3 Å². The van der Waals surface area contributed by atoms with E-state index in [1.54, 1.807) is 16.7 Å². The number of thioether (sulfide) groups is 2. The van der Waals surface area contributed by atoms with Crippen molar-refractivity contribution in [1.82, 2.24) is 4.90 Å². The van der Waals surface area contributed by atoms with E-state index in [1.165, 1.54) is 16.7 Å². The number of rotatable bonds is 5. The molecule has 0 spiro atoms. The zero-order valence-corrected chi connectivity index (χ0v) is 19.2. The van der Waals surface area contributed by atoms with E-state index < -0.39 is 0 Å². The minimum Gasteiger partial charge on any atom is -0.335 e. The number of allylic oxidation sites excluding steroid dienone is 2. The molecule has 0 aromatic heterocycles. The molecule has 2 aliphatic heterocycles. The van der Waals surface area contributed by atoms with Gasteiger partial charge in [-0.3, -0.25) is 14.7 Å². The van der Waals surface area contributed by atoms with Crippen molar-refractivity contribution in [3.05, 3.63) is 81.2 Å². The Morgan fingerprint density at radius 3 is 2.50 bits per heavy atom. The molecule has 1 saturated heterocycles. The topological polar surface area (TPSA) is 35.9 Å². The first-order chi connectivity index (χ1) is 14.6. The van der Waals surface area contributed by atoms with Gasteiger partial charge in [-0.2, -0.15) is 0 Å². The van der Waals surface area contributed by atoms with Crippen LogP contribution in [0.25, 0.3) is 0 Å². The normalized spacial score (nSPS) is 20.1. The largest absolute Gasteiger partial charge is 0.335 e. The molecule has 7 heteroatoms. The molecule has 0 unspecified atom stereocenters. The molecule has 2 aliphatic rings. The summed E-state index contributed by atoms with van der Waals surface area (Å²) in [6, 6.07) is 16.0. The van der Waals surface area contributed by atoms with Gasteiger partial charge in [0.05, 0.1) is 22.2 Å². The zero-order valence-electron chi connectivity index (χ0n) is 16.8. The van der Waals surface area contributed by atoms with Crippen LogP contribution in [0.3, 0.4) is 0 Å². The van der Waals surface area contributed by atoms with Crippen LogP contribution in [0.15, 0.2) is 80.5 Å². The number of hydrogen-bond donors (Lipinski definition) is 0. The van der Waals surface area contributed by atoms with Crippen LogP contribution in [-0.4, -0.2) is 29.1 Å². The van der Waals surface area contributed by atoms with E-state index in [-0.39, 0.29) is 5.91 Å². The molecule has 30 heavy (non-hydrogen) atoms. The molecule has 2 aromatic carbocycles. The number of hydrogen-bond acceptors (Lipinski definition) is 5. The highest BCUT2D eigenvalue weighted by Gasteiger charge is 2.32. The van der Waals surface area contributed by atoms with Crippen LogP contribution in [0, 0.1) is 0 Å². The predicted molar refractivity (Wildman–Crippen MR) is 129 cm³/mol. The Morgan fingerprint density at radius 2 is 1.77 bits per heavy atom. The summed E-state index contributed by atoms with van der Waals surface area (Å²) in [5.74, 6) is 0.0118. The minimum absolute atomic E-state index is 0.0118. The molecule has 0 saturated carbocycles. The minimum atomic E-state index is 0.0118. The summed E-state index contributed by atoms with van der Waals surface area (Å²) in [6.45, 7) is 6.09. The number of carbonyl (C=O) groups is 1. The summed E-state index contributed by atoms with van der Waals surface area (Å²) in [6.07, 6.45) is 3.94. The standard InChI is InChI=1S/C23H22ClN3OS2/c1-3-26-18-14-17(24)10-11-19(18)29-21(26)13-12-20-22(28)27(4-2)23(30-20)25-15-16-8-6-5-7-9-16/h5-14H,3-4,15H2,1-2H3/b20-12+,21-13-,25-23?. The zero-order chi connectivity index (χ0) is 21.1. The molecule has 4 rings (SSSR count). The fourth-order valence-corrected chi connectivity index (χ4v) is 5.59. The van der Waals surface area contributed by atoms with Crippen molar-refractivity contribution in [2.75, 3.05) is 18.0 Å². The number of aliphatic imine (C=N–C) groups is 1. The lowest BCUT2D eigenvalue weighted by Crippen LogP contribution is -2.28. The van der Waals surface area contributed by atoms with Crippen molar-refractivity contribution in [2.24, 2.45) is 4.99 Å². The Hall–Kier alpha value is -2.15. The average Bonchev–Trinajstić information content (AvgIpc) is 3.27. The third-order valence-electron chi connectivity index (χ3n) is 4.83. The summed E-state index contributed by atoms with van der Waals surface area (Å²) in [5, 5.41) is 2.58. The Balaban J connectivity index is 1.56. The van der Waals surface area contributed by atoms with E-state index in [9.17, 15) is 4.79 Å². The number of benzene rings is 2. The van der Waals surface area contributed by atoms with E-state index in [0.29, 0.717) is 18.0 Å². The maximum Gasteiger partial charge on any atom is 0.266 e. The van der Waals surface area contributed by atoms with E-state index in [2.05, 4.69) is 11.8 Å². The summed E-state index contributed by atoms with van der Waals surface area (Å²) < 4.78 is 0. The molecule has 2 heterocycles. The average molecular weight is 456 g/mol. The van der Waals surface area contributed by atoms with Gasteiger partial charge in [0.15, 0.2) is 5.17 Å². The smallest absolute Gasteiger partial charge is 0.266 e. The lowest BCUT2D eigenvalue weighted by atomic mass is 10.2. The van der Waals surface area contributed by atoms with E-state index in [4.69, 9.17) is 16.6 Å². The van der Waals surface area contributed by atoms with Crippen molar-refractivity contribution in [3.8, 4) is 0 Å². The number of nitrogens with zero attached hydrogens (tertiary/aromatic N) is 3. The van der Waals surface area contributed by atoms with Crippen LogP contribution >= 0.6 is 35.1 Å². The summed E-state index contributed by atoms with van der Waals surface area (Å²) >= 11 is 9.32. The van der Waals surface area contributed by atoms with Crippen LogP contribution in [0.1, 0.15) is 19.4 Å². The maximum absolute atomic E-state index is 12.9. The second kappa shape index (κ2) is 9.33. The second-order valence-electron chi connectivity index (χ2n) is 6.73. The third kappa shape index (κ3) is 4.31. The highest BCUT2D eigenvalue weighted by atomic mass is 35.5.